The van der Waals surface area contributed by atoms with Crippen molar-refractivity contribution in [3.63, 3.8) is 0 Å². The fourth-order valence-corrected chi connectivity index (χ4v) is 5.50. The summed E-state index contributed by atoms with van der Waals surface area (Å²) >= 11 is 5.22. The predicted octanol–water partition coefficient (Wildman–Crippen LogP) is 3.72. The molecule has 4 nitrogen and oxygen atoms in total. The molecule has 0 spiro atoms. The number of hydrogen-bond acceptors (Lipinski definition) is 3. The molecule has 3 fully saturated rings. The number of halogens is 1. The monoisotopic (exact) mass is 327 g/mol. The van der Waals surface area contributed by atoms with E-state index < -0.39 is 11.3 Å². The van der Waals surface area contributed by atoms with Gasteiger partial charge in [0.15, 0.2) is 0 Å². The summed E-state index contributed by atoms with van der Waals surface area (Å²) in [6.45, 7) is 0.341. The van der Waals surface area contributed by atoms with Crippen LogP contribution in [0.2, 0.25) is 0 Å². The zero-order chi connectivity index (χ0) is 15.5. The first-order valence-electron chi connectivity index (χ1n) is 8.76. The van der Waals surface area contributed by atoms with Gasteiger partial charge in [0, 0.05) is 0 Å². The van der Waals surface area contributed by atoms with E-state index in [2.05, 4.69) is 5.32 Å². The van der Waals surface area contributed by atoms with E-state index in [0.29, 0.717) is 12.5 Å². The molecule has 4 unspecified atom stereocenters. The molecule has 0 aliphatic heterocycles. The van der Waals surface area contributed by atoms with Crippen molar-refractivity contribution in [1.82, 2.24) is 5.32 Å². The summed E-state index contributed by atoms with van der Waals surface area (Å²) in [6.07, 6.45) is 10.2. The maximum absolute atomic E-state index is 11.7. The van der Waals surface area contributed by atoms with Crippen LogP contribution >= 0.6 is 11.6 Å². The molecule has 1 amide bonds. The van der Waals surface area contributed by atoms with Gasteiger partial charge in [-0.15, -0.1) is 0 Å². The number of hydrogen-bond donors (Lipinski definition) is 1. The quantitative estimate of drug-likeness (QED) is 0.801. The molecule has 0 aromatic rings. The fraction of sp³-hybridized carbons (Fsp3) is 0.882. The molecule has 3 aliphatic carbocycles. The van der Waals surface area contributed by atoms with Crippen LogP contribution in [0.3, 0.4) is 0 Å². The smallest absolute Gasteiger partial charge is 0.407 e. The first-order valence-corrected chi connectivity index (χ1v) is 9.13. The van der Waals surface area contributed by atoms with Gasteiger partial charge in [0.25, 0.3) is 0 Å². The van der Waals surface area contributed by atoms with Crippen LogP contribution in [0.4, 0.5) is 4.79 Å². The van der Waals surface area contributed by atoms with Crippen LogP contribution in [0, 0.1) is 29.6 Å². The fourth-order valence-electron chi connectivity index (χ4n) is 5.43. The molecule has 1 N–H and O–H groups in total. The second-order valence-electron chi connectivity index (χ2n) is 7.20. The van der Waals surface area contributed by atoms with E-state index in [1.807, 2.05) is 0 Å². The largest absolute Gasteiger partial charge is 0.449 e. The highest BCUT2D eigenvalue weighted by Gasteiger charge is 2.51. The highest BCUT2D eigenvalue weighted by molar-refractivity contribution is 6.64. The predicted molar refractivity (Wildman–Crippen MR) is 84.6 cm³/mol. The molecule has 5 heteroatoms. The molecule has 22 heavy (non-hydrogen) atoms. The standard InChI is InChI=1S/C17H26ClNO3/c18-16(20)9-19-17(21)22-10-15-13-7-3-1-5-11(13)12-6-2-4-8-14(12)15/h11-15H,1-10H2,(H,19,21). The van der Waals surface area contributed by atoms with Crippen molar-refractivity contribution in [1.29, 1.82) is 0 Å². The van der Waals surface area contributed by atoms with Crippen molar-refractivity contribution in [2.75, 3.05) is 13.2 Å². The minimum atomic E-state index is -0.572. The highest BCUT2D eigenvalue weighted by Crippen LogP contribution is 2.57. The number of ether oxygens (including phenoxy) is 1. The lowest BCUT2D eigenvalue weighted by molar-refractivity contribution is -0.110. The van der Waals surface area contributed by atoms with Crippen LogP contribution in [0.25, 0.3) is 0 Å². The van der Waals surface area contributed by atoms with Crippen molar-refractivity contribution in [3.8, 4) is 0 Å². The Morgan fingerprint density at radius 3 is 1.91 bits per heavy atom. The second-order valence-corrected chi connectivity index (χ2v) is 7.62. The van der Waals surface area contributed by atoms with Gasteiger partial charge in [-0.1, -0.05) is 25.7 Å². The minimum Gasteiger partial charge on any atom is -0.449 e. The average molecular weight is 328 g/mol. The van der Waals surface area contributed by atoms with Crippen molar-refractivity contribution in [2.45, 2.75) is 51.4 Å². The Kier molecular flexibility index (Phi) is 5.27. The second kappa shape index (κ2) is 7.20. The van der Waals surface area contributed by atoms with E-state index in [4.69, 9.17) is 16.3 Å². The topological polar surface area (TPSA) is 55.4 Å². The average Bonchev–Trinajstić information content (AvgIpc) is 2.85. The zero-order valence-corrected chi connectivity index (χ0v) is 13.8. The zero-order valence-electron chi connectivity index (χ0n) is 13.1. The van der Waals surface area contributed by atoms with Gasteiger partial charge in [-0.3, -0.25) is 4.79 Å². The Bertz CT molecular complexity index is 406. The summed E-state index contributed by atoms with van der Waals surface area (Å²) in [5.41, 5.74) is 0. The van der Waals surface area contributed by atoms with E-state index in [1.54, 1.807) is 0 Å². The van der Waals surface area contributed by atoms with Crippen molar-refractivity contribution in [2.24, 2.45) is 29.6 Å². The third-order valence-corrected chi connectivity index (χ3v) is 6.31. The van der Waals surface area contributed by atoms with E-state index in [0.717, 1.165) is 23.7 Å². The summed E-state index contributed by atoms with van der Waals surface area (Å²) in [4.78, 5) is 22.4. The van der Waals surface area contributed by atoms with Gasteiger partial charge in [-0.2, -0.15) is 0 Å². The molecule has 0 aromatic carbocycles. The van der Waals surface area contributed by atoms with E-state index in [-0.39, 0.29) is 6.54 Å². The van der Waals surface area contributed by atoms with Crippen LogP contribution in [-0.2, 0) is 9.53 Å². The van der Waals surface area contributed by atoms with E-state index in [1.165, 1.54) is 51.4 Å². The van der Waals surface area contributed by atoms with Crippen LogP contribution in [0.5, 0.6) is 0 Å². The summed E-state index contributed by atoms with van der Waals surface area (Å²) in [6, 6.07) is 0. The molecule has 3 saturated carbocycles. The Hall–Kier alpha value is -0.770. The van der Waals surface area contributed by atoms with Crippen molar-refractivity contribution in [3.05, 3.63) is 0 Å². The van der Waals surface area contributed by atoms with Gasteiger partial charge in [-0.25, -0.2) is 4.79 Å². The Morgan fingerprint density at radius 2 is 1.41 bits per heavy atom. The maximum Gasteiger partial charge on any atom is 0.407 e. The number of carbonyl (C=O) groups excluding carboxylic acids is 2. The molecular formula is C17H26ClNO3. The molecule has 3 aliphatic rings. The molecule has 4 atom stereocenters. The number of alkyl carbamates (subject to hydrolysis) is 1. The lowest BCUT2D eigenvalue weighted by Crippen LogP contribution is -2.32. The third kappa shape index (κ3) is 3.42. The summed E-state index contributed by atoms with van der Waals surface area (Å²) in [7, 11) is 0. The van der Waals surface area contributed by atoms with Gasteiger partial charge < -0.3 is 10.1 Å². The van der Waals surface area contributed by atoms with Gasteiger partial charge >= 0.3 is 6.09 Å². The lowest BCUT2D eigenvalue weighted by Gasteiger charge is -2.32. The lowest BCUT2D eigenvalue weighted by atomic mass is 9.73. The Labute approximate surface area is 137 Å². The molecule has 0 bridgehead atoms. The molecule has 0 aromatic heterocycles. The van der Waals surface area contributed by atoms with Gasteiger partial charge in [0.05, 0.1) is 13.2 Å². The molecule has 0 saturated heterocycles. The molecule has 0 radical (unpaired) electrons. The number of nitrogens with one attached hydrogen (secondary N) is 1. The number of amides is 1. The van der Waals surface area contributed by atoms with E-state index >= 15 is 0 Å². The SMILES string of the molecule is O=C(Cl)CNC(=O)OCC1C2CCCCC2C2CCCCC21. The number of carbonyl (C=O) groups is 2. The highest BCUT2D eigenvalue weighted by atomic mass is 35.5. The van der Waals surface area contributed by atoms with Crippen LogP contribution in [0.15, 0.2) is 0 Å². The molecule has 0 heterocycles. The first-order chi connectivity index (χ1) is 10.7. The molecular weight excluding hydrogens is 302 g/mol. The Balaban J connectivity index is 1.58. The molecule has 124 valence electrons. The van der Waals surface area contributed by atoms with Crippen LogP contribution < -0.4 is 5.32 Å². The van der Waals surface area contributed by atoms with Gasteiger partial charge in [0.2, 0.25) is 5.24 Å². The summed E-state index contributed by atoms with van der Waals surface area (Å²) in [5, 5.41) is 1.84. The summed E-state index contributed by atoms with van der Waals surface area (Å²) < 4.78 is 5.41. The minimum absolute atomic E-state index is 0.164. The van der Waals surface area contributed by atoms with E-state index in [9.17, 15) is 9.59 Å². The maximum atomic E-state index is 11.7. The van der Waals surface area contributed by atoms with Crippen molar-refractivity contribution < 1.29 is 14.3 Å². The van der Waals surface area contributed by atoms with Crippen LogP contribution in [0.1, 0.15) is 51.4 Å². The van der Waals surface area contributed by atoms with Gasteiger partial charge in [-0.05, 0) is 66.9 Å². The summed E-state index contributed by atoms with van der Waals surface area (Å²) in [5.74, 6) is 3.72. The van der Waals surface area contributed by atoms with Crippen molar-refractivity contribution >= 4 is 22.9 Å². The van der Waals surface area contributed by atoms with Crippen LogP contribution in [-0.4, -0.2) is 24.5 Å². The first kappa shape index (κ1) is 16.1. The molecule has 3 rings (SSSR count). The third-order valence-electron chi connectivity index (χ3n) is 6.18. The Morgan fingerprint density at radius 1 is 0.909 bits per heavy atom. The number of fused-ring (bicyclic) bond motifs is 3. The normalized spacial score (nSPS) is 37.0. The number of rotatable bonds is 4. The van der Waals surface area contributed by atoms with Gasteiger partial charge in [0.1, 0.15) is 0 Å².